The van der Waals surface area contributed by atoms with E-state index in [1.165, 1.54) is 0 Å². The topological polar surface area (TPSA) is 38.7 Å². The lowest BCUT2D eigenvalue weighted by atomic mass is 10.2. The van der Waals surface area contributed by atoms with Gasteiger partial charge in [-0.1, -0.05) is 29.8 Å². The van der Waals surface area contributed by atoms with Crippen LogP contribution in [-0.2, 0) is 0 Å². The summed E-state index contributed by atoms with van der Waals surface area (Å²) in [6, 6.07) is 14.9. The van der Waals surface area contributed by atoms with Crippen molar-refractivity contribution in [2.75, 3.05) is 36.4 Å². The molecule has 23 heavy (non-hydrogen) atoms. The average molecular weight is 348 g/mol. The average Bonchev–Trinajstić information content (AvgIpc) is 2.55. The SMILES string of the molecule is Oc1ccccc1N1CCN(C(=S)Nc2cccc(Cl)c2)CC1. The van der Waals surface area contributed by atoms with Gasteiger partial charge in [0.15, 0.2) is 5.11 Å². The highest BCUT2D eigenvalue weighted by atomic mass is 35.5. The number of para-hydroxylation sites is 2. The molecule has 1 saturated heterocycles. The number of phenolic OH excluding ortho intramolecular Hbond substituents is 1. The maximum Gasteiger partial charge on any atom is 0.173 e. The van der Waals surface area contributed by atoms with Crippen LogP contribution in [0.5, 0.6) is 5.75 Å². The van der Waals surface area contributed by atoms with Crippen LogP contribution in [0.15, 0.2) is 48.5 Å². The number of thiocarbonyl (C=S) groups is 1. The summed E-state index contributed by atoms with van der Waals surface area (Å²) in [7, 11) is 0. The number of anilines is 2. The number of aromatic hydroxyl groups is 1. The number of hydrogen-bond acceptors (Lipinski definition) is 3. The van der Waals surface area contributed by atoms with E-state index in [0.29, 0.717) is 15.9 Å². The van der Waals surface area contributed by atoms with Crippen molar-refractivity contribution in [2.45, 2.75) is 0 Å². The molecule has 0 atom stereocenters. The summed E-state index contributed by atoms with van der Waals surface area (Å²) >= 11 is 11.5. The smallest absolute Gasteiger partial charge is 0.173 e. The number of piperazine rings is 1. The number of nitrogens with zero attached hydrogens (tertiary/aromatic N) is 2. The number of hydrogen-bond donors (Lipinski definition) is 2. The van der Waals surface area contributed by atoms with E-state index in [1.54, 1.807) is 6.07 Å². The summed E-state index contributed by atoms with van der Waals surface area (Å²) in [5, 5.41) is 14.6. The minimum Gasteiger partial charge on any atom is -0.506 e. The number of benzene rings is 2. The number of rotatable bonds is 2. The van der Waals surface area contributed by atoms with Crippen molar-refractivity contribution in [1.82, 2.24) is 4.90 Å². The van der Waals surface area contributed by atoms with Crippen LogP contribution in [-0.4, -0.2) is 41.3 Å². The van der Waals surface area contributed by atoms with Crippen LogP contribution in [0.3, 0.4) is 0 Å². The van der Waals surface area contributed by atoms with E-state index in [-0.39, 0.29) is 0 Å². The Morgan fingerprint density at radius 2 is 1.78 bits per heavy atom. The molecule has 4 nitrogen and oxygen atoms in total. The maximum absolute atomic E-state index is 9.95. The Morgan fingerprint density at radius 3 is 2.48 bits per heavy atom. The summed E-state index contributed by atoms with van der Waals surface area (Å²) in [4.78, 5) is 4.31. The normalized spacial score (nSPS) is 14.7. The summed E-state index contributed by atoms with van der Waals surface area (Å²) in [5.41, 5.74) is 1.77. The Balaban J connectivity index is 1.58. The van der Waals surface area contributed by atoms with Crippen LogP contribution in [0.25, 0.3) is 0 Å². The molecule has 0 spiro atoms. The second kappa shape index (κ2) is 7.06. The van der Waals surface area contributed by atoms with Crippen LogP contribution in [0.4, 0.5) is 11.4 Å². The molecule has 0 aliphatic carbocycles. The Kier molecular flexibility index (Phi) is 4.88. The van der Waals surface area contributed by atoms with Crippen LogP contribution in [0, 0.1) is 0 Å². The third kappa shape index (κ3) is 3.86. The molecule has 0 radical (unpaired) electrons. The van der Waals surface area contributed by atoms with Crippen LogP contribution < -0.4 is 10.2 Å². The first-order chi connectivity index (χ1) is 11.1. The molecule has 0 unspecified atom stereocenters. The fourth-order valence-electron chi connectivity index (χ4n) is 2.65. The van der Waals surface area contributed by atoms with Gasteiger partial charge in [0.2, 0.25) is 0 Å². The van der Waals surface area contributed by atoms with E-state index in [2.05, 4.69) is 15.1 Å². The molecule has 2 aromatic carbocycles. The molecule has 0 saturated carbocycles. The second-order valence-corrected chi connectivity index (χ2v) is 6.23. The van der Waals surface area contributed by atoms with Gasteiger partial charge < -0.3 is 20.2 Å². The van der Waals surface area contributed by atoms with Gasteiger partial charge >= 0.3 is 0 Å². The summed E-state index contributed by atoms with van der Waals surface area (Å²) in [6.45, 7) is 3.24. The molecular formula is C17H18ClN3OS. The maximum atomic E-state index is 9.95. The van der Waals surface area contributed by atoms with Crippen molar-refractivity contribution in [3.05, 3.63) is 53.6 Å². The zero-order valence-corrected chi connectivity index (χ0v) is 14.1. The van der Waals surface area contributed by atoms with Gasteiger partial charge in [0.05, 0.1) is 5.69 Å². The summed E-state index contributed by atoms with van der Waals surface area (Å²) in [6.07, 6.45) is 0. The number of nitrogens with one attached hydrogen (secondary N) is 1. The van der Waals surface area contributed by atoms with Gasteiger partial charge in [0, 0.05) is 36.9 Å². The van der Waals surface area contributed by atoms with Crippen molar-refractivity contribution in [3.8, 4) is 5.75 Å². The zero-order chi connectivity index (χ0) is 16.2. The predicted octanol–water partition coefficient (Wildman–Crippen LogP) is 3.56. The van der Waals surface area contributed by atoms with E-state index in [9.17, 15) is 5.11 Å². The molecule has 1 aliphatic heterocycles. The molecule has 0 amide bonds. The molecule has 0 aromatic heterocycles. The quantitative estimate of drug-likeness (QED) is 0.813. The van der Waals surface area contributed by atoms with E-state index >= 15 is 0 Å². The third-order valence-corrected chi connectivity index (χ3v) is 4.46. The van der Waals surface area contributed by atoms with Crippen LogP contribution >= 0.6 is 23.8 Å². The molecule has 0 bridgehead atoms. The third-order valence-electron chi connectivity index (χ3n) is 3.87. The van der Waals surface area contributed by atoms with E-state index in [1.807, 2.05) is 42.5 Å². The second-order valence-electron chi connectivity index (χ2n) is 5.40. The number of halogens is 1. The zero-order valence-electron chi connectivity index (χ0n) is 12.6. The standard InChI is InChI=1S/C17H18ClN3OS/c18-13-4-3-5-14(12-13)19-17(23)21-10-8-20(9-11-21)15-6-1-2-7-16(15)22/h1-7,12,22H,8-11H2,(H,19,23). The van der Waals surface area contributed by atoms with Gasteiger partial charge in [-0.3, -0.25) is 0 Å². The van der Waals surface area contributed by atoms with E-state index in [0.717, 1.165) is 37.6 Å². The number of phenols is 1. The van der Waals surface area contributed by atoms with Gasteiger partial charge in [-0.25, -0.2) is 0 Å². The highest BCUT2D eigenvalue weighted by Crippen LogP contribution is 2.27. The molecule has 1 aliphatic rings. The van der Waals surface area contributed by atoms with Crippen molar-refractivity contribution in [3.63, 3.8) is 0 Å². The van der Waals surface area contributed by atoms with Crippen molar-refractivity contribution in [1.29, 1.82) is 0 Å². The summed E-state index contributed by atoms with van der Waals surface area (Å²) < 4.78 is 0. The van der Waals surface area contributed by atoms with Gasteiger partial charge in [-0.05, 0) is 42.5 Å². The van der Waals surface area contributed by atoms with Gasteiger partial charge in [0.25, 0.3) is 0 Å². The first kappa shape index (κ1) is 15.9. The Morgan fingerprint density at radius 1 is 1.04 bits per heavy atom. The Bertz CT molecular complexity index is 702. The molecule has 6 heteroatoms. The highest BCUT2D eigenvalue weighted by Gasteiger charge is 2.20. The monoisotopic (exact) mass is 347 g/mol. The van der Waals surface area contributed by atoms with E-state index < -0.39 is 0 Å². The molecule has 120 valence electrons. The Labute approximate surface area is 146 Å². The van der Waals surface area contributed by atoms with Crippen LogP contribution in [0.2, 0.25) is 5.02 Å². The first-order valence-electron chi connectivity index (χ1n) is 7.48. The Hall–Kier alpha value is -1.98. The highest BCUT2D eigenvalue weighted by molar-refractivity contribution is 7.80. The van der Waals surface area contributed by atoms with Crippen molar-refractivity contribution < 1.29 is 5.11 Å². The van der Waals surface area contributed by atoms with Crippen molar-refractivity contribution in [2.24, 2.45) is 0 Å². The van der Waals surface area contributed by atoms with Gasteiger partial charge in [-0.15, -0.1) is 0 Å². The molecule has 1 fully saturated rings. The molecule has 1 heterocycles. The van der Waals surface area contributed by atoms with Gasteiger partial charge in [0.1, 0.15) is 5.75 Å². The molecule has 2 N–H and O–H groups in total. The fraction of sp³-hybridized carbons (Fsp3) is 0.235. The van der Waals surface area contributed by atoms with Crippen molar-refractivity contribution >= 4 is 40.3 Å². The largest absolute Gasteiger partial charge is 0.506 e. The van der Waals surface area contributed by atoms with E-state index in [4.69, 9.17) is 23.8 Å². The molecule has 3 rings (SSSR count). The molecular weight excluding hydrogens is 330 g/mol. The minimum absolute atomic E-state index is 0.320. The lowest BCUT2D eigenvalue weighted by Gasteiger charge is -2.37. The molecule has 2 aromatic rings. The lowest BCUT2D eigenvalue weighted by molar-refractivity contribution is 0.387. The first-order valence-corrected chi connectivity index (χ1v) is 8.26. The predicted molar refractivity (Wildman–Crippen MR) is 99.6 cm³/mol. The van der Waals surface area contributed by atoms with Crippen LogP contribution in [0.1, 0.15) is 0 Å². The lowest BCUT2D eigenvalue weighted by Crippen LogP contribution is -2.50. The van der Waals surface area contributed by atoms with Gasteiger partial charge in [-0.2, -0.15) is 0 Å². The minimum atomic E-state index is 0.320. The summed E-state index contributed by atoms with van der Waals surface area (Å²) in [5.74, 6) is 0.320. The fourth-order valence-corrected chi connectivity index (χ4v) is 3.14.